The van der Waals surface area contributed by atoms with Gasteiger partial charge in [0.25, 0.3) is 0 Å². The van der Waals surface area contributed by atoms with E-state index in [-0.39, 0.29) is 12.5 Å². The Kier molecular flexibility index (Phi) is 7.06. The molecule has 0 unspecified atom stereocenters. The van der Waals surface area contributed by atoms with Gasteiger partial charge in [-0.3, -0.25) is 5.41 Å². The van der Waals surface area contributed by atoms with Gasteiger partial charge in [-0.15, -0.1) is 0 Å². The highest BCUT2D eigenvalue weighted by Crippen LogP contribution is 1.98. The van der Waals surface area contributed by atoms with Crippen LogP contribution in [-0.4, -0.2) is 19.1 Å². The fourth-order valence-electron chi connectivity index (χ4n) is 0.791. The topological polar surface area (TPSA) is 42.3 Å². The Morgan fingerprint density at radius 3 is 2.53 bits per heavy atom. The molecule has 0 aromatic rings. The molecule has 0 aromatic carbocycles. The summed E-state index contributed by atoms with van der Waals surface area (Å²) < 4.78 is 10.2. The Morgan fingerprint density at radius 1 is 1.33 bits per heavy atom. The predicted molar refractivity (Wildman–Crippen MR) is 63.0 cm³/mol. The van der Waals surface area contributed by atoms with Gasteiger partial charge >= 0.3 is 0 Å². The lowest BCUT2D eigenvalue weighted by atomic mass is 10.3. The van der Waals surface area contributed by atoms with Gasteiger partial charge in [0, 0.05) is 0 Å². The molecular weight excluding hydrogens is 190 g/mol. The molecule has 0 heterocycles. The largest absolute Gasteiger partial charge is 0.489 e. The Bertz CT molecular complexity index is 277. The van der Waals surface area contributed by atoms with E-state index >= 15 is 0 Å². The molecule has 0 atom stereocenters. The quantitative estimate of drug-likeness (QED) is 0.316. The molecule has 0 radical (unpaired) electrons. The van der Waals surface area contributed by atoms with Gasteiger partial charge in [0.1, 0.15) is 0 Å². The van der Waals surface area contributed by atoms with E-state index in [0.717, 1.165) is 11.3 Å². The van der Waals surface area contributed by atoms with Crippen LogP contribution in [0.2, 0.25) is 0 Å². The summed E-state index contributed by atoms with van der Waals surface area (Å²) in [6, 6.07) is 0. The zero-order valence-corrected chi connectivity index (χ0v) is 9.67. The van der Waals surface area contributed by atoms with Crippen LogP contribution in [0.1, 0.15) is 20.8 Å². The summed E-state index contributed by atoms with van der Waals surface area (Å²) in [4.78, 5) is 0. The summed E-state index contributed by atoms with van der Waals surface area (Å²) in [5, 5.41) is 7.32. The number of ether oxygens (including phenoxy) is 2. The highest BCUT2D eigenvalue weighted by atomic mass is 16.5. The van der Waals surface area contributed by atoms with Crippen molar-refractivity contribution in [2.45, 2.75) is 20.8 Å². The molecule has 3 heteroatoms. The normalized spacial score (nSPS) is 11.5. The maximum atomic E-state index is 7.32. The zero-order chi connectivity index (χ0) is 11.7. The zero-order valence-electron chi connectivity index (χ0n) is 9.67. The first kappa shape index (κ1) is 13.5. The van der Waals surface area contributed by atoms with Crippen molar-refractivity contribution in [3.8, 4) is 0 Å². The van der Waals surface area contributed by atoms with E-state index in [1.807, 2.05) is 39.0 Å². The van der Waals surface area contributed by atoms with Crippen molar-refractivity contribution in [2.24, 2.45) is 0 Å². The second-order valence-electron chi connectivity index (χ2n) is 3.13. The van der Waals surface area contributed by atoms with Gasteiger partial charge in [0.2, 0.25) is 5.90 Å². The smallest absolute Gasteiger partial charge is 0.219 e. The molecule has 0 saturated heterocycles. The first-order valence-corrected chi connectivity index (χ1v) is 4.89. The molecule has 84 valence electrons. The highest BCUT2D eigenvalue weighted by Gasteiger charge is 1.96. The van der Waals surface area contributed by atoms with Crippen LogP contribution in [0.25, 0.3) is 0 Å². The molecule has 0 aliphatic carbocycles. The number of hydrogen-bond acceptors (Lipinski definition) is 3. The summed E-state index contributed by atoms with van der Waals surface area (Å²) in [6.07, 6.45) is 5.58. The van der Waals surface area contributed by atoms with Gasteiger partial charge in [-0.25, -0.2) is 0 Å². The third-order valence-electron chi connectivity index (χ3n) is 1.46. The summed E-state index contributed by atoms with van der Waals surface area (Å²) >= 11 is 0. The molecular formula is C12H19NO2. The molecule has 0 aliphatic rings. The van der Waals surface area contributed by atoms with Gasteiger partial charge in [-0.2, -0.15) is 0 Å². The molecule has 0 spiro atoms. The van der Waals surface area contributed by atoms with Crippen LogP contribution in [0.4, 0.5) is 0 Å². The molecule has 0 bridgehead atoms. The van der Waals surface area contributed by atoms with Crippen LogP contribution < -0.4 is 0 Å². The fourth-order valence-corrected chi connectivity index (χ4v) is 0.791. The molecule has 3 nitrogen and oxygen atoms in total. The minimum atomic E-state index is 0.147. The van der Waals surface area contributed by atoms with Crippen LogP contribution in [0, 0.1) is 5.41 Å². The lowest BCUT2D eigenvalue weighted by Crippen LogP contribution is -2.10. The van der Waals surface area contributed by atoms with Gasteiger partial charge in [-0.1, -0.05) is 24.3 Å². The van der Waals surface area contributed by atoms with Gasteiger partial charge in [0.05, 0.1) is 12.4 Å². The molecule has 15 heavy (non-hydrogen) atoms. The Labute approximate surface area is 91.6 Å². The van der Waals surface area contributed by atoms with Crippen molar-refractivity contribution in [2.75, 3.05) is 13.2 Å². The van der Waals surface area contributed by atoms with Crippen LogP contribution >= 0.6 is 0 Å². The maximum absolute atomic E-state index is 7.32. The number of allylic oxidation sites excluding steroid dienone is 5. The molecule has 0 rings (SSSR count). The second kappa shape index (κ2) is 7.85. The van der Waals surface area contributed by atoms with E-state index < -0.39 is 0 Å². The van der Waals surface area contributed by atoms with E-state index in [2.05, 4.69) is 6.58 Å². The summed E-state index contributed by atoms with van der Waals surface area (Å²) in [6.45, 7) is 10.0. The average molecular weight is 209 g/mol. The third-order valence-corrected chi connectivity index (χ3v) is 1.46. The second-order valence-corrected chi connectivity index (χ2v) is 3.13. The van der Waals surface area contributed by atoms with Crippen molar-refractivity contribution >= 4 is 5.90 Å². The average Bonchev–Trinajstić information content (AvgIpc) is 2.14. The summed E-state index contributed by atoms with van der Waals surface area (Å²) in [5.41, 5.74) is 0.987. The highest BCUT2D eigenvalue weighted by molar-refractivity contribution is 5.73. The van der Waals surface area contributed by atoms with Crippen molar-refractivity contribution in [1.82, 2.24) is 0 Å². The van der Waals surface area contributed by atoms with Crippen molar-refractivity contribution < 1.29 is 9.47 Å². The van der Waals surface area contributed by atoms with Crippen molar-refractivity contribution in [3.63, 3.8) is 0 Å². The van der Waals surface area contributed by atoms with E-state index in [1.54, 1.807) is 0 Å². The van der Waals surface area contributed by atoms with Gasteiger partial charge in [0.15, 0.2) is 6.61 Å². The van der Waals surface area contributed by atoms with E-state index in [9.17, 15) is 0 Å². The third kappa shape index (κ3) is 8.81. The van der Waals surface area contributed by atoms with Gasteiger partial charge in [-0.05, 0) is 26.8 Å². The van der Waals surface area contributed by atoms with Gasteiger partial charge < -0.3 is 9.47 Å². The Morgan fingerprint density at radius 2 is 2.00 bits per heavy atom. The molecule has 0 saturated carbocycles. The van der Waals surface area contributed by atoms with E-state index in [1.165, 1.54) is 0 Å². The number of rotatable bonds is 6. The summed E-state index contributed by atoms with van der Waals surface area (Å²) in [5.74, 6) is 0.895. The Hall–Kier alpha value is -1.51. The predicted octanol–water partition coefficient (Wildman–Crippen LogP) is 3.05. The number of nitrogens with one attached hydrogen (secondary N) is 1. The maximum Gasteiger partial charge on any atom is 0.219 e. The van der Waals surface area contributed by atoms with Crippen molar-refractivity contribution in [3.05, 3.63) is 36.1 Å². The SMILES string of the molecule is C=C(C)/C=C\C=C(/C)OCC(=N)OCC. The van der Waals surface area contributed by atoms with Crippen LogP contribution in [-0.2, 0) is 9.47 Å². The van der Waals surface area contributed by atoms with Crippen molar-refractivity contribution in [1.29, 1.82) is 5.41 Å². The molecule has 0 aromatic heterocycles. The minimum absolute atomic E-state index is 0.147. The molecule has 0 fully saturated rings. The van der Waals surface area contributed by atoms with Crippen LogP contribution in [0.15, 0.2) is 36.1 Å². The van der Waals surface area contributed by atoms with Crippen LogP contribution in [0.5, 0.6) is 0 Å². The lowest BCUT2D eigenvalue weighted by Gasteiger charge is -2.06. The molecule has 0 aliphatic heterocycles. The molecule has 1 N–H and O–H groups in total. The first-order chi connectivity index (χ1) is 7.06. The first-order valence-electron chi connectivity index (χ1n) is 4.89. The fraction of sp³-hybridized carbons (Fsp3) is 0.417. The lowest BCUT2D eigenvalue weighted by molar-refractivity contribution is 0.217. The van der Waals surface area contributed by atoms with Crippen LogP contribution in [0.3, 0.4) is 0 Å². The standard InChI is InChI=1S/C12H19NO2/c1-5-14-12(13)9-15-11(4)8-6-7-10(2)3/h6-8,13H,2,5,9H2,1,3-4H3/b7-6-,11-8+,13-12?. The summed E-state index contributed by atoms with van der Waals surface area (Å²) in [7, 11) is 0. The molecule has 0 amide bonds. The van der Waals surface area contributed by atoms with E-state index in [4.69, 9.17) is 14.9 Å². The monoisotopic (exact) mass is 209 g/mol. The number of hydrogen-bond donors (Lipinski definition) is 1. The van der Waals surface area contributed by atoms with E-state index in [0.29, 0.717) is 6.61 Å². The minimum Gasteiger partial charge on any atom is -0.489 e. The Balaban J connectivity index is 3.87.